The van der Waals surface area contributed by atoms with Crippen LogP contribution in [0.4, 0.5) is 5.69 Å². The van der Waals surface area contributed by atoms with Crippen LogP contribution in [0.5, 0.6) is 0 Å². The van der Waals surface area contributed by atoms with Gasteiger partial charge in [0, 0.05) is 10.6 Å². The van der Waals surface area contributed by atoms with E-state index in [9.17, 15) is 4.21 Å². The van der Waals surface area contributed by atoms with Crippen LogP contribution in [-0.2, 0) is 15.5 Å². The standard InChI is InChI=1S/C12H19NO2S/c1-12(2,3)15-8-9-16(14)11-6-4-10(13)5-7-11/h4-7H,8-9,13H2,1-3H3. The molecule has 0 fully saturated rings. The van der Waals surface area contributed by atoms with Crippen LogP contribution in [-0.4, -0.2) is 22.2 Å². The summed E-state index contributed by atoms with van der Waals surface area (Å²) >= 11 is 0. The van der Waals surface area contributed by atoms with E-state index in [4.69, 9.17) is 10.5 Å². The van der Waals surface area contributed by atoms with Crippen molar-refractivity contribution >= 4 is 16.5 Å². The van der Waals surface area contributed by atoms with Gasteiger partial charge in [0.25, 0.3) is 0 Å². The van der Waals surface area contributed by atoms with Gasteiger partial charge in [0.1, 0.15) is 0 Å². The van der Waals surface area contributed by atoms with Crippen LogP contribution in [0.2, 0.25) is 0 Å². The van der Waals surface area contributed by atoms with Crippen LogP contribution < -0.4 is 5.73 Å². The Morgan fingerprint density at radius 3 is 2.31 bits per heavy atom. The second kappa shape index (κ2) is 5.46. The molecule has 3 nitrogen and oxygen atoms in total. The van der Waals surface area contributed by atoms with Gasteiger partial charge in [0.05, 0.1) is 28.8 Å². The van der Waals surface area contributed by atoms with Crippen molar-refractivity contribution < 1.29 is 8.95 Å². The molecular formula is C12H19NO2S. The van der Waals surface area contributed by atoms with Crippen molar-refractivity contribution in [3.05, 3.63) is 24.3 Å². The van der Waals surface area contributed by atoms with E-state index < -0.39 is 10.8 Å². The van der Waals surface area contributed by atoms with Crippen molar-refractivity contribution in [3.63, 3.8) is 0 Å². The molecule has 1 aromatic carbocycles. The van der Waals surface area contributed by atoms with Crippen LogP contribution >= 0.6 is 0 Å². The zero-order valence-corrected chi connectivity index (χ0v) is 10.8. The van der Waals surface area contributed by atoms with E-state index >= 15 is 0 Å². The lowest BCUT2D eigenvalue weighted by atomic mass is 10.2. The van der Waals surface area contributed by atoms with E-state index in [1.807, 2.05) is 20.8 Å². The minimum absolute atomic E-state index is 0.175. The Morgan fingerprint density at radius 1 is 1.25 bits per heavy atom. The van der Waals surface area contributed by atoms with Crippen molar-refractivity contribution in [2.45, 2.75) is 31.3 Å². The smallest absolute Gasteiger partial charge is 0.0598 e. The largest absolute Gasteiger partial charge is 0.399 e. The Morgan fingerprint density at radius 2 is 1.81 bits per heavy atom. The molecule has 0 heterocycles. The number of ether oxygens (including phenoxy) is 1. The van der Waals surface area contributed by atoms with Gasteiger partial charge in [-0.3, -0.25) is 4.21 Å². The molecule has 16 heavy (non-hydrogen) atoms. The summed E-state index contributed by atoms with van der Waals surface area (Å²) < 4.78 is 17.4. The van der Waals surface area contributed by atoms with Crippen LogP contribution in [0.15, 0.2) is 29.2 Å². The predicted octanol–water partition coefficient (Wildman–Crippen LogP) is 2.19. The number of rotatable bonds is 4. The molecule has 0 aliphatic heterocycles. The summed E-state index contributed by atoms with van der Waals surface area (Å²) in [6.07, 6.45) is 0. The summed E-state index contributed by atoms with van der Waals surface area (Å²) in [6.45, 7) is 6.46. The fraction of sp³-hybridized carbons (Fsp3) is 0.500. The fourth-order valence-corrected chi connectivity index (χ4v) is 2.07. The molecule has 90 valence electrons. The zero-order chi connectivity index (χ0) is 12.2. The topological polar surface area (TPSA) is 52.3 Å². The molecule has 0 amide bonds. The van der Waals surface area contributed by atoms with Gasteiger partial charge in [-0.1, -0.05) is 0 Å². The first-order valence-electron chi connectivity index (χ1n) is 5.26. The lowest BCUT2D eigenvalue weighted by Crippen LogP contribution is -2.22. The van der Waals surface area contributed by atoms with Gasteiger partial charge >= 0.3 is 0 Å². The Hall–Kier alpha value is -0.870. The second-order valence-electron chi connectivity index (χ2n) is 4.58. The maximum absolute atomic E-state index is 11.8. The Labute approximate surface area is 99.4 Å². The first-order valence-corrected chi connectivity index (χ1v) is 6.58. The third-order valence-electron chi connectivity index (χ3n) is 1.95. The maximum atomic E-state index is 11.8. The van der Waals surface area contributed by atoms with Crippen molar-refractivity contribution in [1.82, 2.24) is 0 Å². The second-order valence-corrected chi connectivity index (χ2v) is 6.15. The first-order chi connectivity index (χ1) is 7.38. The van der Waals surface area contributed by atoms with E-state index in [-0.39, 0.29) is 5.60 Å². The molecule has 0 radical (unpaired) electrons. The summed E-state index contributed by atoms with van der Waals surface area (Å²) in [6, 6.07) is 7.11. The third kappa shape index (κ3) is 4.77. The monoisotopic (exact) mass is 241 g/mol. The fourth-order valence-electron chi connectivity index (χ4n) is 1.16. The van der Waals surface area contributed by atoms with Crippen molar-refractivity contribution in [3.8, 4) is 0 Å². The molecule has 0 aliphatic carbocycles. The third-order valence-corrected chi connectivity index (χ3v) is 3.28. The Kier molecular flexibility index (Phi) is 4.50. The number of nitrogens with two attached hydrogens (primary N) is 1. The van der Waals surface area contributed by atoms with Crippen molar-refractivity contribution in [1.29, 1.82) is 0 Å². The van der Waals surface area contributed by atoms with Gasteiger partial charge in [0.15, 0.2) is 0 Å². The van der Waals surface area contributed by atoms with Crippen LogP contribution in [0.25, 0.3) is 0 Å². The summed E-state index contributed by atoms with van der Waals surface area (Å²) in [5, 5.41) is 0. The van der Waals surface area contributed by atoms with Gasteiger partial charge in [-0.05, 0) is 45.0 Å². The van der Waals surface area contributed by atoms with Gasteiger partial charge in [-0.15, -0.1) is 0 Å². The quantitative estimate of drug-likeness (QED) is 0.822. The van der Waals surface area contributed by atoms with E-state index in [0.29, 0.717) is 18.0 Å². The number of hydrogen-bond donors (Lipinski definition) is 1. The summed E-state index contributed by atoms with van der Waals surface area (Å²) in [4.78, 5) is 0.798. The molecule has 0 aliphatic rings. The van der Waals surface area contributed by atoms with Gasteiger partial charge in [-0.2, -0.15) is 0 Å². The van der Waals surface area contributed by atoms with E-state index in [0.717, 1.165) is 4.90 Å². The lowest BCUT2D eigenvalue weighted by Gasteiger charge is -2.19. The number of anilines is 1. The summed E-state index contributed by atoms with van der Waals surface area (Å²) in [5.41, 5.74) is 6.07. The number of benzene rings is 1. The highest BCUT2D eigenvalue weighted by Crippen LogP contribution is 2.11. The van der Waals surface area contributed by atoms with Gasteiger partial charge in [-0.25, -0.2) is 0 Å². The molecular weight excluding hydrogens is 222 g/mol. The maximum Gasteiger partial charge on any atom is 0.0598 e. The lowest BCUT2D eigenvalue weighted by molar-refractivity contribution is 0.00669. The summed E-state index contributed by atoms with van der Waals surface area (Å²) in [5.74, 6) is 0.515. The minimum Gasteiger partial charge on any atom is -0.399 e. The number of hydrogen-bond acceptors (Lipinski definition) is 3. The molecule has 0 bridgehead atoms. The zero-order valence-electron chi connectivity index (χ0n) is 10.0. The molecule has 0 saturated carbocycles. The first kappa shape index (κ1) is 13.2. The normalized spacial score (nSPS) is 13.7. The highest BCUT2D eigenvalue weighted by atomic mass is 32.2. The highest BCUT2D eigenvalue weighted by molar-refractivity contribution is 7.85. The average molecular weight is 241 g/mol. The van der Waals surface area contributed by atoms with Crippen LogP contribution in [0.3, 0.4) is 0 Å². The molecule has 0 saturated heterocycles. The van der Waals surface area contributed by atoms with Crippen LogP contribution in [0, 0.1) is 0 Å². The van der Waals surface area contributed by atoms with Gasteiger partial charge in [0.2, 0.25) is 0 Å². The predicted molar refractivity (Wildman–Crippen MR) is 67.8 cm³/mol. The van der Waals surface area contributed by atoms with E-state index in [1.165, 1.54) is 0 Å². The highest BCUT2D eigenvalue weighted by Gasteiger charge is 2.11. The van der Waals surface area contributed by atoms with Crippen molar-refractivity contribution in [2.75, 3.05) is 18.1 Å². The Bertz CT molecular complexity index is 354. The molecule has 1 unspecified atom stereocenters. The molecule has 4 heteroatoms. The van der Waals surface area contributed by atoms with Crippen LogP contribution in [0.1, 0.15) is 20.8 Å². The summed E-state index contributed by atoms with van der Waals surface area (Å²) in [7, 11) is -1.01. The molecule has 1 aromatic rings. The molecule has 1 rings (SSSR count). The van der Waals surface area contributed by atoms with E-state index in [1.54, 1.807) is 24.3 Å². The van der Waals surface area contributed by atoms with E-state index in [2.05, 4.69) is 0 Å². The van der Waals surface area contributed by atoms with Gasteiger partial charge < -0.3 is 10.5 Å². The minimum atomic E-state index is -1.01. The molecule has 0 spiro atoms. The average Bonchev–Trinajstić information content (AvgIpc) is 2.16. The van der Waals surface area contributed by atoms with Crippen molar-refractivity contribution in [2.24, 2.45) is 0 Å². The number of nitrogen functional groups attached to an aromatic ring is 1. The SMILES string of the molecule is CC(C)(C)OCCS(=O)c1ccc(N)cc1. The molecule has 2 N–H and O–H groups in total. The molecule has 1 atom stereocenters. The molecule has 0 aromatic heterocycles. The Balaban J connectivity index is 2.44.